The van der Waals surface area contributed by atoms with E-state index < -0.39 is 20.7 Å². The Morgan fingerprint density at radius 3 is 2.33 bits per heavy atom. The van der Waals surface area contributed by atoms with Crippen molar-refractivity contribution in [3.8, 4) is 11.5 Å². The summed E-state index contributed by atoms with van der Waals surface area (Å²) in [6, 6.07) is 9.19. The summed E-state index contributed by atoms with van der Waals surface area (Å²) in [4.78, 5) is 9.75. The van der Waals surface area contributed by atoms with Gasteiger partial charge in [-0.2, -0.15) is 8.42 Å². The maximum Gasteiger partial charge on any atom is 0.339 e. The molecule has 9 heteroatoms. The number of hydrogen-bond donors (Lipinski definition) is 1. The van der Waals surface area contributed by atoms with Crippen LogP contribution in [0.15, 0.2) is 47.4 Å². The van der Waals surface area contributed by atoms with Gasteiger partial charge in [-0.15, -0.1) is 0 Å². The van der Waals surface area contributed by atoms with Crippen molar-refractivity contribution in [1.29, 1.82) is 0 Å². The maximum atomic E-state index is 12.2. The first-order valence-electron chi connectivity index (χ1n) is 7.04. The van der Waals surface area contributed by atoms with Crippen LogP contribution in [0.1, 0.15) is 13.3 Å². The van der Waals surface area contributed by atoms with Gasteiger partial charge in [0.1, 0.15) is 22.1 Å². The summed E-state index contributed by atoms with van der Waals surface area (Å²) in [6.45, 7) is 2.52. The summed E-state index contributed by atoms with van der Waals surface area (Å²) < 4.78 is 34.8. The lowest BCUT2D eigenvalue weighted by atomic mass is 10.3. The van der Waals surface area contributed by atoms with Crippen LogP contribution in [-0.2, 0) is 10.1 Å². The SMILES string of the molecule is CCCOc1ccc(OS(=O)(=O)c2ccc(N)c([N+](=O)[O-])c2)cc1. The number of nitrogens with zero attached hydrogens (tertiary/aromatic N) is 1. The van der Waals surface area contributed by atoms with Crippen molar-refractivity contribution in [2.75, 3.05) is 12.3 Å². The molecule has 2 N–H and O–H groups in total. The second kappa shape index (κ2) is 7.18. The first-order valence-corrected chi connectivity index (χ1v) is 8.45. The highest BCUT2D eigenvalue weighted by Crippen LogP contribution is 2.27. The van der Waals surface area contributed by atoms with Gasteiger partial charge in [-0.25, -0.2) is 0 Å². The number of benzene rings is 2. The second-order valence-corrected chi connectivity index (χ2v) is 6.38. The average molecular weight is 352 g/mol. The fourth-order valence-electron chi connectivity index (χ4n) is 1.82. The number of nitro benzene ring substituents is 1. The van der Waals surface area contributed by atoms with Crippen molar-refractivity contribution in [2.45, 2.75) is 18.2 Å². The normalized spacial score (nSPS) is 11.0. The lowest BCUT2D eigenvalue weighted by Crippen LogP contribution is -2.10. The Morgan fingerprint density at radius 2 is 1.75 bits per heavy atom. The lowest BCUT2D eigenvalue weighted by molar-refractivity contribution is -0.384. The first-order chi connectivity index (χ1) is 11.3. The zero-order chi connectivity index (χ0) is 17.7. The van der Waals surface area contributed by atoms with E-state index in [1.165, 1.54) is 12.1 Å². The Kier molecular flexibility index (Phi) is 5.24. The third kappa shape index (κ3) is 4.13. The van der Waals surface area contributed by atoms with Gasteiger partial charge in [-0.1, -0.05) is 6.92 Å². The molecule has 128 valence electrons. The highest BCUT2D eigenvalue weighted by atomic mass is 32.2. The van der Waals surface area contributed by atoms with Crippen LogP contribution >= 0.6 is 0 Å². The van der Waals surface area contributed by atoms with E-state index in [2.05, 4.69) is 0 Å². The Labute approximate surface area is 139 Å². The summed E-state index contributed by atoms with van der Waals surface area (Å²) in [5.41, 5.74) is 4.83. The van der Waals surface area contributed by atoms with E-state index in [9.17, 15) is 18.5 Å². The van der Waals surface area contributed by atoms with Crippen molar-refractivity contribution in [3.05, 3.63) is 52.6 Å². The van der Waals surface area contributed by atoms with Gasteiger partial charge >= 0.3 is 10.1 Å². The third-order valence-corrected chi connectivity index (χ3v) is 4.23. The Hall–Kier alpha value is -2.81. The molecule has 0 aliphatic heterocycles. The van der Waals surface area contributed by atoms with Crippen LogP contribution in [-0.4, -0.2) is 19.9 Å². The zero-order valence-corrected chi connectivity index (χ0v) is 13.7. The van der Waals surface area contributed by atoms with Gasteiger partial charge in [-0.3, -0.25) is 10.1 Å². The van der Waals surface area contributed by atoms with Crippen molar-refractivity contribution in [1.82, 2.24) is 0 Å². The van der Waals surface area contributed by atoms with Gasteiger partial charge in [0.05, 0.1) is 11.5 Å². The Bertz CT molecular complexity index is 834. The molecule has 0 bridgehead atoms. The van der Waals surface area contributed by atoms with E-state index in [1.807, 2.05) is 6.92 Å². The topological polar surface area (TPSA) is 122 Å². The molecule has 0 fully saturated rings. The summed E-state index contributed by atoms with van der Waals surface area (Å²) in [7, 11) is -4.22. The molecule has 0 saturated heterocycles. The van der Waals surface area contributed by atoms with Crippen LogP contribution in [0.2, 0.25) is 0 Å². The van der Waals surface area contributed by atoms with Gasteiger partial charge < -0.3 is 14.7 Å². The lowest BCUT2D eigenvalue weighted by Gasteiger charge is -2.09. The molecule has 0 aliphatic carbocycles. The molecule has 0 aromatic heterocycles. The Balaban J connectivity index is 2.22. The molecule has 0 amide bonds. The summed E-state index contributed by atoms with van der Waals surface area (Å²) >= 11 is 0. The smallest absolute Gasteiger partial charge is 0.339 e. The number of nitrogen functional groups attached to an aromatic ring is 1. The third-order valence-electron chi connectivity index (χ3n) is 2.99. The molecule has 0 spiro atoms. The molecule has 0 aliphatic rings. The van der Waals surface area contributed by atoms with Crippen molar-refractivity contribution in [3.63, 3.8) is 0 Å². The van der Waals surface area contributed by atoms with E-state index in [4.69, 9.17) is 14.7 Å². The van der Waals surface area contributed by atoms with E-state index in [0.29, 0.717) is 12.4 Å². The van der Waals surface area contributed by atoms with Crippen molar-refractivity contribution < 1.29 is 22.3 Å². The first kappa shape index (κ1) is 17.5. The van der Waals surface area contributed by atoms with Crippen LogP contribution in [0, 0.1) is 10.1 Å². The second-order valence-electron chi connectivity index (χ2n) is 4.84. The molecule has 2 aromatic rings. The molecule has 0 saturated carbocycles. The molecule has 8 nitrogen and oxygen atoms in total. The monoisotopic (exact) mass is 352 g/mol. The van der Waals surface area contributed by atoms with Crippen LogP contribution < -0.4 is 14.7 Å². The zero-order valence-electron chi connectivity index (χ0n) is 12.8. The van der Waals surface area contributed by atoms with Gasteiger partial charge in [-0.05, 0) is 42.8 Å². The molecule has 2 aromatic carbocycles. The number of nitrogens with two attached hydrogens (primary N) is 1. The van der Waals surface area contributed by atoms with Gasteiger partial charge in [0.2, 0.25) is 0 Å². The number of ether oxygens (including phenoxy) is 1. The number of anilines is 1. The molecule has 0 radical (unpaired) electrons. The van der Waals surface area contributed by atoms with Crippen LogP contribution in [0.4, 0.5) is 11.4 Å². The quantitative estimate of drug-likeness (QED) is 0.352. The molecule has 2 rings (SSSR count). The highest BCUT2D eigenvalue weighted by molar-refractivity contribution is 7.87. The van der Waals surface area contributed by atoms with E-state index >= 15 is 0 Å². The van der Waals surface area contributed by atoms with Gasteiger partial charge in [0.15, 0.2) is 0 Å². The van der Waals surface area contributed by atoms with E-state index in [1.54, 1.807) is 12.1 Å². The van der Waals surface area contributed by atoms with Crippen molar-refractivity contribution in [2.24, 2.45) is 0 Å². The molecule has 0 unspecified atom stereocenters. The number of nitro groups is 1. The standard InChI is InChI=1S/C15H16N2O6S/c1-2-9-22-11-3-5-12(6-4-11)23-24(20,21)13-7-8-14(16)15(10-13)17(18)19/h3-8,10H,2,9,16H2,1H3. The molecular formula is C15H16N2O6S. The van der Waals surface area contributed by atoms with Crippen LogP contribution in [0.25, 0.3) is 0 Å². The fraction of sp³-hybridized carbons (Fsp3) is 0.200. The van der Waals surface area contributed by atoms with E-state index in [-0.39, 0.29) is 16.3 Å². The molecule has 0 heterocycles. The average Bonchev–Trinajstić information content (AvgIpc) is 2.54. The van der Waals surface area contributed by atoms with Gasteiger partial charge in [0, 0.05) is 6.07 Å². The van der Waals surface area contributed by atoms with Crippen LogP contribution in [0.5, 0.6) is 11.5 Å². The van der Waals surface area contributed by atoms with Gasteiger partial charge in [0.25, 0.3) is 5.69 Å². The summed E-state index contributed by atoms with van der Waals surface area (Å²) in [5.74, 6) is 0.656. The Morgan fingerprint density at radius 1 is 1.12 bits per heavy atom. The van der Waals surface area contributed by atoms with Crippen LogP contribution in [0.3, 0.4) is 0 Å². The number of rotatable bonds is 7. The summed E-state index contributed by atoms with van der Waals surface area (Å²) in [6.07, 6.45) is 0.850. The predicted octanol–water partition coefficient (Wildman–Crippen LogP) is 2.73. The fourth-order valence-corrected chi connectivity index (χ4v) is 2.77. The molecular weight excluding hydrogens is 336 g/mol. The molecule has 0 atom stereocenters. The van der Waals surface area contributed by atoms with Crippen molar-refractivity contribution >= 4 is 21.5 Å². The largest absolute Gasteiger partial charge is 0.494 e. The van der Waals surface area contributed by atoms with E-state index in [0.717, 1.165) is 24.6 Å². The summed E-state index contributed by atoms with van der Waals surface area (Å²) in [5, 5.41) is 10.9. The predicted molar refractivity (Wildman–Crippen MR) is 87.6 cm³/mol. The highest BCUT2D eigenvalue weighted by Gasteiger charge is 2.22. The minimum Gasteiger partial charge on any atom is -0.494 e. The minimum atomic E-state index is -4.22. The minimum absolute atomic E-state index is 0.0679. The number of hydrogen-bond acceptors (Lipinski definition) is 7. The maximum absolute atomic E-state index is 12.2. The molecule has 24 heavy (non-hydrogen) atoms.